The van der Waals surface area contributed by atoms with Crippen molar-refractivity contribution in [2.45, 2.75) is 43.9 Å². The Bertz CT molecular complexity index is 730. The molecule has 5 nitrogen and oxygen atoms in total. The van der Waals surface area contributed by atoms with Gasteiger partial charge in [-0.25, -0.2) is 9.97 Å². The largest absolute Gasteiger partial charge is 0.341 e. The number of aromatic nitrogens is 2. The van der Waals surface area contributed by atoms with Crippen molar-refractivity contribution in [3.8, 4) is 0 Å². The van der Waals surface area contributed by atoms with E-state index in [-0.39, 0.29) is 5.91 Å². The molecule has 2 aromatic rings. The average molecular weight is 399 g/mol. The molecule has 0 aliphatic carbocycles. The van der Waals surface area contributed by atoms with Gasteiger partial charge in [0.15, 0.2) is 5.16 Å². The Morgan fingerprint density at radius 1 is 1.14 bits per heavy atom. The Balaban J connectivity index is 1.36. The van der Waals surface area contributed by atoms with Crippen LogP contribution in [-0.2, 0) is 17.9 Å². The molecule has 0 unspecified atom stereocenters. The summed E-state index contributed by atoms with van der Waals surface area (Å²) >= 11 is 1.57. The van der Waals surface area contributed by atoms with E-state index in [0.29, 0.717) is 18.9 Å². The molecule has 1 aliphatic rings. The fourth-order valence-electron chi connectivity index (χ4n) is 3.69. The first-order chi connectivity index (χ1) is 13.6. The Labute approximate surface area is 172 Å². The van der Waals surface area contributed by atoms with E-state index in [1.807, 2.05) is 48.8 Å². The van der Waals surface area contributed by atoms with E-state index in [1.54, 1.807) is 11.8 Å². The molecule has 0 atom stereocenters. The Kier molecular flexibility index (Phi) is 7.86. The fraction of sp³-hybridized carbons (Fsp3) is 0.500. The van der Waals surface area contributed by atoms with Crippen molar-refractivity contribution in [3.63, 3.8) is 0 Å². The summed E-state index contributed by atoms with van der Waals surface area (Å²) in [6.07, 6.45) is 9.84. The molecule has 3 rings (SSSR count). The predicted octanol–water partition coefficient (Wildman–Crippen LogP) is 3.85. The molecule has 1 aliphatic heterocycles. The number of nitrogens with zero attached hydrogens (tertiary/aromatic N) is 4. The first-order valence-electron chi connectivity index (χ1n) is 9.99. The minimum Gasteiger partial charge on any atom is -0.341 e. The molecular formula is C22H30N4OS. The van der Waals surface area contributed by atoms with E-state index in [2.05, 4.69) is 27.0 Å². The van der Waals surface area contributed by atoms with Crippen LogP contribution in [0.15, 0.2) is 47.9 Å². The lowest BCUT2D eigenvalue weighted by atomic mass is 9.92. The average Bonchev–Trinajstić information content (AvgIpc) is 2.74. The summed E-state index contributed by atoms with van der Waals surface area (Å²) in [7, 11) is 1.91. The van der Waals surface area contributed by atoms with Crippen LogP contribution in [0.5, 0.6) is 0 Å². The Hall–Kier alpha value is -1.92. The van der Waals surface area contributed by atoms with Crippen LogP contribution < -0.4 is 0 Å². The predicted molar refractivity (Wildman–Crippen MR) is 114 cm³/mol. The van der Waals surface area contributed by atoms with Crippen molar-refractivity contribution in [1.82, 2.24) is 19.8 Å². The normalized spacial score (nSPS) is 15.5. The van der Waals surface area contributed by atoms with E-state index in [9.17, 15) is 4.79 Å². The molecule has 6 heteroatoms. The number of piperidine rings is 1. The van der Waals surface area contributed by atoms with Gasteiger partial charge < -0.3 is 4.90 Å². The van der Waals surface area contributed by atoms with E-state index in [0.717, 1.165) is 31.2 Å². The van der Waals surface area contributed by atoms with Crippen LogP contribution in [0.3, 0.4) is 0 Å². The standard InChI is InChI=1S/C22H30N4OS/c1-25(16-19-6-4-3-5-7-19)21(27)9-8-18-10-12-26(13-11-18)17-20-14-23-22(28-2)24-15-20/h3-7,14-15,18H,8-13,16-17H2,1-2H3. The number of benzene rings is 1. The molecule has 1 aromatic heterocycles. The van der Waals surface area contributed by atoms with Gasteiger partial charge in [-0.1, -0.05) is 42.1 Å². The van der Waals surface area contributed by atoms with E-state index < -0.39 is 0 Å². The van der Waals surface area contributed by atoms with Gasteiger partial charge in [0, 0.05) is 44.5 Å². The van der Waals surface area contributed by atoms with Crippen molar-refractivity contribution in [2.24, 2.45) is 5.92 Å². The minimum atomic E-state index is 0.248. The van der Waals surface area contributed by atoms with E-state index in [1.165, 1.54) is 24.0 Å². The zero-order valence-corrected chi connectivity index (χ0v) is 17.7. The molecule has 28 heavy (non-hydrogen) atoms. The molecule has 150 valence electrons. The second-order valence-corrected chi connectivity index (χ2v) is 8.35. The molecule has 1 saturated heterocycles. The van der Waals surface area contributed by atoms with Crippen LogP contribution in [0.2, 0.25) is 0 Å². The van der Waals surface area contributed by atoms with Gasteiger partial charge in [0.05, 0.1) is 0 Å². The maximum atomic E-state index is 12.4. The highest BCUT2D eigenvalue weighted by Crippen LogP contribution is 2.23. The van der Waals surface area contributed by atoms with Gasteiger partial charge in [-0.2, -0.15) is 0 Å². The molecule has 0 N–H and O–H groups in total. The fourth-order valence-corrected chi connectivity index (χ4v) is 4.00. The smallest absolute Gasteiger partial charge is 0.222 e. The number of likely N-dealkylation sites (tertiary alicyclic amines) is 1. The van der Waals surface area contributed by atoms with Crippen molar-refractivity contribution in [1.29, 1.82) is 0 Å². The monoisotopic (exact) mass is 398 g/mol. The molecule has 0 spiro atoms. The summed E-state index contributed by atoms with van der Waals surface area (Å²) in [6.45, 7) is 3.78. The zero-order chi connectivity index (χ0) is 19.8. The van der Waals surface area contributed by atoms with Gasteiger partial charge in [0.2, 0.25) is 5.91 Å². The van der Waals surface area contributed by atoms with E-state index >= 15 is 0 Å². The van der Waals surface area contributed by atoms with Crippen LogP contribution in [0.4, 0.5) is 0 Å². The van der Waals surface area contributed by atoms with Gasteiger partial charge in [-0.05, 0) is 50.1 Å². The topological polar surface area (TPSA) is 49.3 Å². The highest BCUT2D eigenvalue weighted by molar-refractivity contribution is 7.98. The quantitative estimate of drug-likeness (QED) is 0.499. The third-order valence-corrected chi connectivity index (χ3v) is 6.01. The third kappa shape index (κ3) is 6.31. The van der Waals surface area contributed by atoms with Crippen molar-refractivity contribution in [2.75, 3.05) is 26.4 Å². The number of carbonyl (C=O) groups is 1. The van der Waals surface area contributed by atoms with Gasteiger partial charge in [0.1, 0.15) is 0 Å². The maximum absolute atomic E-state index is 12.4. The minimum absolute atomic E-state index is 0.248. The molecule has 2 heterocycles. The number of hydrogen-bond acceptors (Lipinski definition) is 5. The zero-order valence-electron chi connectivity index (χ0n) is 16.9. The van der Waals surface area contributed by atoms with Gasteiger partial charge in [-0.15, -0.1) is 0 Å². The lowest BCUT2D eigenvalue weighted by molar-refractivity contribution is -0.130. The summed E-state index contributed by atoms with van der Waals surface area (Å²) in [4.78, 5) is 25.5. The molecular weight excluding hydrogens is 368 g/mol. The summed E-state index contributed by atoms with van der Waals surface area (Å²) in [6, 6.07) is 10.2. The lowest BCUT2D eigenvalue weighted by Gasteiger charge is -2.32. The Morgan fingerprint density at radius 2 is 1.82 bits per heavy atom. The van der Waals surface area contributed by atoms with Crippen LogP contribution in [0.25, 0.3) is 0 Å². The second kappa shape index (κ2) is 10.6. The molecule has 1 aromatic carbocycles. The number of thioether (sulfide) groups is 1. The maximum Gasteiger partial charge on any atom is 0.222 e. The first kappa shape index (κ1) is 20.8. The van der Waals surface area contributed by atoms with E-state index in [4.69, 9.17) is 0 Å². The van der Waals surface area contributed by atoms with Crippen LogP contribution >= 0.6 is 11.8 Å². The highest BCUT2D eigenvalue weighted by Gasteiger charge is 2.21. The molecule has 1 amide bonds. The number of amides is 1. The number of hydrogen-bond donors (Lipinski definition) is 0. The highest BCUT2D eigenvalue weighted by atomic mass is 32.2. The summed E-state index contributed by atoms with van der Waals surface area (Å²) in [5.74, 6) is 0.901. The van der Waals surface area contributed by atoms with Gasteiger partial charge >= 0.3 is 0 Å². The van der Waals surface area contributed by atoms with Crippen molar-refractivity contribution in [3.05, 3.63) is 53.9 Å². The lowest BCUT2D eigenvalue weighted by Crippen LogP contribution is -2.34. The summed E-state index contributed by atoms with van der Waals surface area (Å²) in [5, 5.41) is 0.823. The SMILES string of the molecule is CSc1ncc(CN2CCC(CCC(=O)N(C)Cc3ccccc3)CC2)cn1. The number of rotatable bonds is 8. The second-order valence-electron chi connectivity index (χ2n) is 7.57. The molecule has 0 bridgehead atoms. The van der Waals surface area contributed by atoms with Crippen LogP contribution in [-0.4, -0.2) is 52.1 Å². The first-order valence-corrected chi connectivity index (χ1v) is 11.2. The summed E-state index contributed by atoms with van der Waals surface area (Å²) in [5.41, 5.74) is 2.36. The summed E-state index contributed by atoms with van der Waals surface area (Å²) < 4.78 is 0. The van der Waals surface area contributed by atoms with Crippen LogP contribution in [0, 0.1) is 5.92 Å². The molecule has 0 radical (unpaired) electrons. The van der Waals surface area contributed by atoms with Crippen LogP contribution in [0.1, 0.15) is 36.8 Å². The van der Waals surface area contributed by atoms with Crippen molar-refractivity contribution < 1.29 is 4.79 Å². The molecule has 1 fully saturated rings. The van der Waals surface area contributed by atoms with Gasteiger partial charge in [-0.3, -0.25) is 9.69 Å². The Morgan fingerprint density at radius 3 is 2.46 bits per heavy atom. The van der Waals surface area contributed by atoms with Crippen molar-refractivity contribution >= 4 is 17.7 Å². The number of carbonyl (C=O) groups excluding carboxylic acids is 1. The van der Waals surface area contributed by atoms with Gasteiger partial charge in [0.25, 0.3) is 0 Å². The molecule has 0 saturated carbocycles. The third-order valence-electron chi connectivity index (χ3n) is 5.43.